The minimum Gasteiger partial charge on any atom is -0.497 e. The van der Waals surface area contributed by atoms with Gasteiger partial charge in [0.15, 0.2) is 0 Å². The molecule has 3 aromatic carbocycles. The van der Waals surface area contributed by atoms with Crippen LogP contribution in [0.3, 0.4) is 0 Å². The van der Waals surface area contributed by atoms with Crippen LogP contribution >= 0.6 is 11.6 Å². The molecule has 0 saturated heterocycles. The number of halogens is 2. The van der Waals surface area contributed by atoms with Crippen molar-refractivity contribution in [2.24, 2.45) is 0 Å². The number of amides is 1. The monoisotopic (exact) mass is 580 g/mol. The van der Waals surface area contributed by atoms with Crippen LogP contribution in [0.1, 0.15) is 26.3 Å². The van der Waals surface area contributed by atoms with Gasteiger partial charge in [0, 0.05) is 28.8 Å². The summed E-state index contributed by atoms with van der Waals surface area (Å²) in [6.45, 7) is 0.321. The van der Waals surface area contributed by atoms with Crippen LogP contribution in [0.2, 0.25) is 5.02 Å². The van der Waals surface area contributed by atoms with E-state index in [0.717, 1.165) is 5.56 Å². The number of carboxylic acid groups (broad SMARTS) is 1. The lowest BCUT2D eigenvalue weighted by Gasteiger charge is -2.15. The first-order chi connectivity index (χ1) is 19.8. The average molecular weight is 581 g/mol. The van der Waals surface area contributed by atoms with Crippen molar-refractivity contribution < 1.29 is 33.3 Å². The van der Waals surface area contributed by atoms with Gasteiger partial charge in [0.1, 0.15) is 29.6 Å². The van der Waals surface area contributed by atoms with E-state index in [0.29, 0.717) is 22.2 Å². The summed E-state index contributed by atoms with van der Waals surface area (Å²) in [5.41, 5.74) is 1.50. The van der Waals surface area contributed by atoms with Gasteiger partial charge in [-0.3, -0.25) is 4.79 Å². The van der Waals surface area contributed by atoms with Gasteiger partial charge >= 0.3 is 5.97 Å². The molecule has 0 unspecified atom stereocenters. The molecule has 0 aliphatic rings. The lowest BCUT2D eigenvalue weighted by atomic mass is 10.1. The van der Waals surface area contributed by atoms with Crippen molar-refractivity contribution in [3.8, 4) is 28.6 Å². The van der Waals surface area contributed by atoms with Crippen molar-refractivity contribution in [3.63, 3.8) is 0 Å². The molecule has 4 aromatic rings. The fourth-order valence-electron chi connectivity index (χ4n) is 3.90. The number of hydrogen-bond acceptors (Lipinski definition) is 8. The zero-order valence-electron chi connectivity index (χ0n) is 22.1. The predicted molar refractivity (Wildman–Crippen MR) is 151 cm³/mol. The van der Waals surface area contributed by atoms with E-state index in [4.69, 9.17) is 25.8 Å². The molecule has 0 radical (unpaired) electrons. The summed E-state index contributed by atoms with van der Waals surface area (Å²) in [6.07, 6.45) is 0. The number of benzene rings is 3. The van der Waals surface area contributed by atoms with E-state index in [1.54, 1.807) is 38.5 Å². The molecule has 0 saturated carbocycles. The van der Waals surface area contributed by atoms with Crippen molar-refractivity contribution in [1.82, 2.24) is 15.5 Å². The highest BCUT2D eigenvalue weighted by atomic mass is 35.5. The van der Waals surface area contributed by atoms with Gasteiger partial charge in [-0.05, 0) is 48.5 Å². The van der Waals surface area contributed by atoms with E-state index in [1.165, 1.54) is 36.4 Å². The first-order valence-corrected chi connectivity index (χ1v) is 12.7. The molecule has 41 heavy (non-hydrogen) atoms. The number of carbonyl (C=O) groups excluding carboxylic acids is 1. The Balaban J connectivity index is 1.52. The maximum atomic E-state index is 14.6. The van der Waals surface area contributed by atoms with E-state index >= 15 is 0 Å². The number of ether oxygens (including phenoxy) is 3. The number of nitrogens with one attached hydrogen (secondary N) is 2. The quantitative estimate of drug-likeness (QED) is 0.196. The van der Waals surface area contributed by atoms with E-state index < -0.39 is 17.7 Å². The summed E-state index contributed by atoms with van der Waals surface area (Å²) >= 11 is 6.07. The first kappa shape index (κ1) is 29.1. The number of carboxylic acids is 1. The van der Waals surface area contributed by atoms with Gasteiger partial charge in [0.25, 0.3) is 11.8 Å². The van der Waals surface area contributed by atoms with E-state index in [9.17, 15) is 19.1 Å². The minimum absolute atomic E-state index is 0.0128. The van der Waals surface area contributed by atoms with E-state index in [2.05, 4.69) is 20.8 Å². The van der Waals surface area contributed by atoms with Gasteiger partial charge in [-0.25, -0.2) is 9.18 Å². The fourth-order valence-corrected chi connectivity index (χ4v) is 4.07. The lowest BCUT2D eigenvalue weighted by molar-refractivity contribution is 0.0691. The summed E-state index contributed by atoms with van der Waals surface area (Å²) in [6, 6.07) is 17.0. The molecule has 4 rings (SSSR count). The Bertz CT molecular complexity index is 1570. The number of methoxy groups -OCH3 is 2. The van der Waals surface area contributed by atoms with Crippen LogP contribution in [0.15, 0.2) is 66.7 Å². The Morgan fingerprint density at radius 3 is 2.49 bits per heavy atom. The molecule has 0 aliphatic heterocycles. The Labute approximate surface area is 240 Å². The molecule has 3 N–H and O–H groups in total. The van der Waals surface area contributed by atoms with Crippen LogP contribution in [-0.4, -0.2) is 54.6 Å². The fraction of sp³-hybridized carbons (Fsp3) is 0.172. The van der Waals surface area contributed by atoms with Crippen LogP contribution in [0, 0.1) is 5.82 Å². The molecule has 212 valence electrons. The number of aromatic nitrogens is 2. The van der Waals surface area contributed by atoms with E-state index in [1.807, 2.05) is 6.07 Å². The molecule has 0 spiro atoms. The maximum Gasteiger partial charge on any atom is 0.336 e. The SMILES string of the molecule is COc1ccc(CNc2cc(-c3cc(Cl)ccc3F)nnc2OCCNC(=O)c2ccccc2C(=O)O)c(OC)c1. The molecular formula is C29H26ClFN4O6. The molecule has 12 heteroatoms. The second-order valence-electron chi connectivity index (χ2n) is 8.56. The second kappa shape index (κ2) is 13.4. The maximum absolute atomic E-state index is 14.6. The highest BCUT2D eigenvalue weighted by molar-refractivity contribution is 6.30. The van der Waals surface area contributed by atoms with Crippen molar-refractivity contribution in [1.29, 1.82) is 0 Å². The van der Waals surface area contributed by atoms with Crippen LogP contribution in [0.25, 0.3) is 11.3 Å². The highest BCUT2D eigenvalue weighted by Gasteiger charge is 2.17. The Kier molecular flexibility index (Phi) is 9.54. The molecule has 0 aliphatic carbocycles. The van der Waals surface area contributed by atoms with Gasteiger partial charge < -0.3 is 30.0 Å². The van der Waals surface area contributed by atoms with Crippen molar-refractivity contribution in [3.05, 3.63) is 94.3 Å². The van der Waals surface area contributed by atoms with Crippen LogP contribution in [-0.2, 0) is 6.54 Å². The number of hydrogen-bond donors (Lipinski definition) is 3. The first-order valence-electron chi connectivity index (χ1n) is 12.3. The number of carbonyl (C=O) groups is 2. The highest BCUT2D eigenvalue weighted by Crippen LogP contribution is 2.31. The lowest BCUT2D eigenvalue weighted by Crippen LogP contribution is -2.29. The molecule has 1 aromatic heterocycles. The summed E-state index contributed by atoms with van der Waals surface area (Å²) in [5, 5.41) is 23.8. The average Bonchev–Trinajstić information content (AvgIpc) is 2.99. The second-order valence-corrected chi connectivity index (χ2v) is 9.00. The van der Waals surface area contributed by atoms with E-state index in [-0.39, 0.29) is 48.0 Å². The molecule has 1 heterocycles. The largest absolute Gasteiger partial charge is 0.497 e. The summed E-state index contributed by atoms with van der Waals surface area (Å²) in [4.78, 5) is 24.0. The van der Waals surface area contributed by atoms with Crippen molar-refractivity contribution >= 4 is 29.2 Å². The molecule has 0 atom stereocenters. The Morgan fingerprint density at radius 1 is 0.976 bits per heavy atom. The number of anilines is 1. The smallest absolute Gasteiger partial charge is 0.336 e. The van der Waals surface area contributed by atoms with Gasteiger partial charge in [-0.1, -0.05) is 23.7 Å². The van der Waals surface area contributed by atoms with Crippen LogP contribution in [0.4, 0.5) is 10.1 Å². The van der Waals surface area contributed by atoms with Crippen LogP contribution < -0.4 is 24.8 Å². The predicted octanol–water partition coefficient (Wildman–Crippen LogP) is 5.07. The zero-order chi connectivity index (χ0) is 29.4. The van der Waals surface area contributed by atoms with Crippen molar-refractivity contribution in [2.45, 2.75) is 6.54 Å². The Hall–Kier alpha value is -4.90. The van der Waals surface area contributed by atoms with Gasteiger partial charge in [0.05, 0.1) is 37.6 Å². The molecular weight excluding hydrogens is 555 g/mol. The third kappa shape index (κ3) is 7.20. The zero-order valence-corrected chi connectivity index (χ0v) is 22.9. The summed E-state index contributed by atoms with van der Waals surface area (Å²) < 4.78 is 31.1. The topological polar surface area (TPSA) is 132 Å². The molecule has 0 bridgehead atoms. The molecule has 1 amide bonds. The number of nitrogens with zero attached hydrogens (tertiary/aromatic N) is 2. The van der Waals surface area contributed by atoms with Crippen LogP contribution in [0.5, 0.6) is 17.4 Å². The standard InChI is InChI=1S/C29H26ClFN4O6/c1-39-19-9-7-17(26(14-19)40-2)16-33-25-15-24(22-13-18(30)8-10-23(22)31)34-35-28(25)41-12-11-32-27(36)20-5-3-4-6-21(20)29(37)38/h3-10,13-15H,11-12,16H2,1-2H3,(H,32,36)(H,33,34)(H,37,38). The van der Waals surface area contributed by atoms with Gasteiger partial charge in [-0.2, -0.15) is 0 Å². The normalized spacial score (nSPS) is 10.5. The number of rotatable bonds is 12. The molecule has 10 nitrogen and oxygen atoms in total. The van der Waals surface area contributed by atoms with Gasteiger partial charge in [0.2, 0.25) is 0 Å². The summed E-state index contributed by atoms with van der Waals surface area (Å²) in [7, 11) is 3.10. The third-order valence-electron chi connectivity index (χ3n) is 5.96. The van der Waals surface area contributed by atoms with Crippen molar-refractivity contribution in [2.75, 3.05) is 32.7 Å². The Morgan fingerprint density at radius 2 is 1.76 bits per heavy atom. The summed E-state index contributed by atoms with van der Waals surface area (Å²) in [5.74, 6) is -0.968. The minimum atomic E-state index is -1.21. The van der Waals surface area contributed by atoms with Gasteiger partial charge in [-0.15, -0.1) is 10.2 Å². The molecule has 0 fully saturated rings. The number of aromatic carboxylic acids is 1. The third-order valence-corrected chi connectivity index (χ3v) is 6.19.